The van der Waals surface area contributed by atoms with Crippen LogP contribution in [0.4, 0.5) is 24.8 Å². The average molecular weight is 446 g/mol. The third-order valence-electron chi connectivity index (χ3n) is 5.63. The molecule has 0 spiro atoms. The Morgan fingerprint density at radius 2 is 2.09 bits per heavy atom. The number of hydrogen-bond donors (Lipinski definition) is 1. The van der Waals surface area contributed by atoms with Crippen molar-refractivity contribution in [2.24, 2.45) is 0 Å². The number of hydrogen-bond acceptors (Lipinski definition) is 7. The molecule has 9 nitrogen and oxygen atoms in total. The number of methoxy groups -OCH3 is 1. The van der Waals surface area contributed by atoms with Crippen LogP contribution >= 0.6 is 0 Å². The van der Waals surface area contributed by atoms with Crippen molar-refractivity contribution >= 4 is 28.2 Å². The van der Waals surface area contributed by atoms with Crippen molar-refractivity contribution in [2.45, 2.75) is 31.5 Å². The van der Waals surface area contributed by atoms with Gasteiger partial charge in [0.1, 0.15) is 12.3 Å². The lowest BCUT2D eigenvalue weighted by molar-refractivity contribution is -0.142. The van der Waals surface area contributed by atoms with Crippen molar-refractivity contribution in [3.05, 3.63) is 36.4 Å². The molecule has 0 aliphatic carbocycles. The van der Waals surface area contributed by atoms with E-state index in [1.807, 2.05) is 17.0 Å². The lowest BCUT2D eigenvalue weighted by atomic mass is 9.97. The molecule has 3 aromatic heterocycles. The summed E-state index contributed by atoms with van der Waals surface area (Å²) in [5, 5.41) is 9.26. The zero-order valence-electron chi connectivity index (χ0n) is 17.2. The predicted molar refractivity (Wildman–Crippen MR) is 112 cm³/mol. The third-order valence-corrected chi connectivity index (χ3v) is 5.63. The molecule has 0 amide bonds. The summed E-state index contributed by atoms with van der Waals surface area (Å²) in [6.07, 6.45) is 0.304. The van der Waals surface area contributed by atoms with Gasteiger partial charge in [-0.15, -0.1) is 5.10 Å². The van der Waals surface area contributed by atoms with E-state index in [1.165, 1.54) is 16.9 Å². The number of nitrogens with zero attached hydrogens (tertiary/aromatic N) is 7. The highest BCUT2D eigenvalue weighted by Gasteiger charge is 2.30. The van der Waals surface area contributed by atoms with Gasteiger partial charge in [0.15, 0.2) is 11.5 Å². The number of benzene rings is 1. The molecule has 168 valence electrons. The van der Waals surface area contributed by atoms with Gasteiger partial charge >= 0.3 is 6.18 Å². The monoisotopic (exact) mass is 446 g/mol. The van der Waals surface area contributed by atoms with Gasteiger partial charge in [-0.2, -0.15) is 22.8 Å². The van der Waals surface area contributed by atoms with Gasteiger partial charge in [0.2, 0.25) is 5.95 Å². The van der Waals surface area contributed by atoms with Gasteiger partial charge < -0.3 is 15.4 Å². The zero-order chi connectivity index (χ0) is 22.5. The number of fused-ring (bicyclic) bond motifs is 3. The summed E-state index contributed by atoms with van der Waals surface area (Å²) < 4.78 is 45.6. The van der Waals surface area contributed by atoms with Crippen molar-refractivity contribution in [3.63, 3.8) is 0 Å². The van der Waals surface area contributed by atoms with Crippen LogP contribution < -0.4 is 15.4 Å². The highest BCUT2D eigenvalue weighted by atomic mass is 19.4. The first-order valence-corrected chi connectivity index (χ1v) is 10.1. The summed E-state index contributed by atoms with van der Waals surface area (Å²) in [4.78, 5) is 11.2. The summed E-state index contributed by atoms with van der Waals surface area (Å²) in [6, 6.07) is 5.49. The Balaban J connectivity index is 1.44. The van der Waals surface area contributed by atoms with E-state index in [1.54, 1.807) is 13.2 Å². The fourth-order valence-corrected chi connectivity index (χ4v) is 4.13. The van der Waals surface area contributed by atoms with Crippen LogP contribution in [0.25, 0.3) is 16.6 Å². The number of rotatable bonds is 4. The molecule has 5 rings (SSSR count). The molecule has 0 radical (unpaired) electrons. The molecule has 32 heavy (non-hydrogen) atoms. The second-order valence-electron chi connectivity index (χ2n) is 7.85. The molecule has 4 aromatic rings. The Hall–Kier alpha value is -3.57. The molecule has 1 fully saturated rings. The van der Waals surface area contributed by atoms with Crippen LogP contribution in [0.5, 0.6) is 5.75 Å². The van der Waals surface area contributed by atoms with Gasteiger partial charge in [-0.3, -0.25) is 4.68 Å². The van der Waals surface area contributed by atoms with Crippen LogP contribution in [-0.4, -0.2) is 55.7 Å². The molecule has 1 atom stereocenters. The third kappa shape index (κ3) is 3.76. The normalized spacial score (nSPS) is 17.4. The predicted octanol–water partition coefficient (Wildman–Crippen LogP) is 3.01. The number of piperidine rings is 1. The maximum absolute atomic E-state index is 12.6. The molecule has 12 heteroatoms. The number of nitrogen functional groups attached to an aromatic ring is 1. The Kier molecular flexibility index (Phi) is 4.79. The maximum atomic E-state index is 12.6. The topological polar surface area (TPSA) is 99.4 Å². The number of nitrogens with two attached hydrogens (primary N) is 1. The van der Waals surface area contributed by atoms with Crippen LogP contribution in [0.2, 0.25) is 0 Å². The molecule has 0 unspecified atom stereocenters. The maximum Gasteiger partial charge on any atom is 0.408 e. The number of aromatic nitrogens is 6. The molecule has 1 aliphatic heterocycles. The first kappa shape index (κ1) is 20.3. The quantitative estimate of drug-likeness (QED) is 0.514. The van der Waals surface area contributed by atoms with E-state index in [9.17, 15) is 13.2 Å². The van der Waals surface area contributed by atoms with Gasteiger partial charge in [0, 0.05) is 36.7 Å². The van der Waals surface area contributed by atoms with Crippen LogP contribution in [0, 0.1) is 0 Å². The second-order valence-corrected chi connectivity index (χ2v) is 7.85. The van der Waals surface area contributed by atoms with E-state index < -0.39 is 12.7 Å². The van der Waals surface area contributed by atoms with Crippen molar-refractivity contribution < 1.29 is 17.9 Å². The molecule has 2 N–H and O–H groups in total. The van der Waals surface area contributed by atoms with Crippen LogP contribution in [0.1, 0.15) is 24.6 Å². The van der Waals surface area contributed by atoms with Crippen molar-refractivity contribution in [1.29, 1.82) is 0 Å². The van der Waals surface area contributed by atoms with Crippen LogP contribution in [0.3, 0.4) is 0 Å². The Labute approximate surface area is 180 Å². The minimum absolute atomic E-state index is 0.00214. The smallest absolute Gasteiger partial charge is 0.408 e. The average Bonchev–Trinajstić information content (AvgIpc) is 3.40. The molecule has 0 saturated carbocycles. The fraction of sp³-hybridized carbons (Fsp3) is 0.400. The molecule has 0 bridgehead atoms. The summed E-state index contributed by atoms with van der Waals surface area (Å²) in [5.41, 5.74) is 8.05. The molecule has 1 aliphatic rings. The van der Waals surface area contributed by atoms with Gasteiger partial charge in [-0.05, 0) is 25.0 Å². The van der Waals surface area contributed by atoms with Crippen LogP contribution in [0.15, 0.2) is 30.6 Å². The van der Waals surface area contributed by atoms with Crippen molar-refractivity contribution in [1.82, 2.24) is 29.4 Å². The van der Waals surface area contributed by atoms with Gasteiger partial charge in [-0.25, -0.2) is 9.97 Å². The summed E-state index contributed by atoms with van der Waals surface area (Å²) in [6.45, 7) is 0.198. The number of halogens is 3. The first-order valence-electron chi connectivity index (χ1n) is 10.1. The molecular formula is C20H21F3N8O. The molecular weight excluding hydrogens is 425 g/mol. The lowest BCUT2D eigenvalue weighted by Gasteiger charge is -2.32. The second kappa shape index (κ2) is 7.53. The van der Waals surface area contributed by atoms with E-state index in [0.717, 1.165) is 29.5 Å². The highest BCUT2D eigenvalue weighted by molar-refractivity contribution is 5.93. The Morgan fingerprint density at radius 1 is 1.25 bits per heavy atom. The van der Waals surface area contributed by atoms with Crippen molar-refractivity contribution in [2.75, 3.05) is 30.8 Å². The Morgan fingerprint density at radius 3 is 2.88 bits per heavy atom. The van der Waals surface area contributed by atoms with Gasteiger partial charge in [0.25, 0.3) is 0 Å². The fourth-order valence-electron chi connectivity index (χ4n) is 4.13. The minimum atomic E-state index is -4.31. The Bertz CT molecular complexity index is 1280. The largest absolute Gasteiger partial charge is 0.497 e. The van der Waals surface area contributed by atoms with E-state index >= 15 is 0 Å². The first-order chi connectivity index (χ1) is 15.3. The van der Waals surface area contributed by atoms with E-state index in [0.29, 0.717) is 35.0 Å². The molecule has 4 heterocycles. The number of alkyl halides is 3. The summed E-state index contributed by atoms with van der Waals surface area (Å²) >= 11 is 0. The van der Waals surface area contributed by atoms with Gasteiger partial charge in [0.05, 0.1) is 24.5 Å². The van der Waals surface area contributed by atoms with Crippen LogP contribution in [-0.2, 0) is 6.54 Å². The van der Waals surface area contributed by atoms with Crippen molar-refractivity contribution in [3.8, 4) is 5.75 Å². The molecule has 1 saturated heterocycles. The SMILES string of the molecule is COc1ccc2c(c1)nc(N)n1nc([C@@H]3CCCN(c4cnn(CC(F)(F)F)c4)C3)nc21. The highest BCUT2D eigenvalue weighted by Crippen LogP contribution is 2.31. The zero-order valence-corrected chi connectivity index (χ0v) is 17.2. The number of anilines is 2. The standard InChI is InChI=1S/C20H21F3N8O/c1-32-14-4-5-15-16(7-14)26-19(24)31-18(15)27-17(28-31)12-3-2-6-29(9-12)13-8-25-30(10-13)11-20(21,22)23/h4-5,7-8,10,12H,2-3,6,9,11H2,1H3,(H2,24,26)/t12-/m1/s1. The van der Waals surface area contributed by atoms with E-state index in [-0.39, 0.29) is 11.9 Å². The van der Waals surface area contributed by atoms with E-state index in [4.69, 9.17) is 15.5 Å². The minimum Gasteiger partial charge on any atom is -0.497 e. The lowest BCUT2D eigenvalue weighted by Crippen LogP contribution is -2.34. The molecule has 1 aromatic carbocycles. The van der Waals surface area contributed by atoms with Gasteiger partial charge in [-0.1, -0.05) is 0 Å². The summed E-state index contributed by atoms with van der Waals surface area (Å²) in [7, 11) is 1.58. The number of ether oxygens (including phenoxy) is 1. The summed E-state index contributed by atoms with van der Waals surface area (Å²) in [5.74, 6) is 1.53. The van der Waals surface area contributed by atoms with E-state index in [2.05, 4.69) is 15.2 Å².